The van der Waals surface area contributed by atoms with Gasteiger partial charge in [-0.2, -0.15) is 0 Å². The highest BCUT2D eigenvalue weighted by atomic mass is 16.6. The zero-order valence-corrected chi connectivity index (χ0v) is 17.7. The van der Waals surface area contributed by atoms with E-state index in [4.69, 9.17) is 18.9 Å². The Kier molecular flexibility index (Phi) is 4.76. The van der Waals surface area contributed by atoms with E-state index < -0.39 is 5.60 Å². The predicted molar refractivity (Wildman–Crippen MR) is 112 cm³/mol. The Morgan fingerprint density at radius 1 is 1.03 bits per heavy atom. The molecular weight excluding hydrogens is 398 g/mol. The van der Waals surface area contributed by atoms with Gasteiger partial charge in [-0.3, -0.25) is 4.79 Å². The molecule has 7 nitrogen and oxygen atoms in total. The van der Waals surface area contributed by atoms with Crippen molar-refractivity contribution in [1.82, 2.24) is 5.32 Å². The Labute approximate surface area is 180 Å². The molecule has 0 atom stereocenters. The topological polar surface area (TPSA) is 83.1 Å². The van der Waals surface area contributed by atoms with Gasteiger partial charge in [0.25, 0.3) is 5.91 Å². The van der Waals surface area contributed by atoms with Gasteiger partial charge in [0.2, 0.25) is 11.4 Å². The minimum Gasteiger partial charge on any atom is -0.493 e. The number of esters is 1. The highest BCUT2D eigenvalue weighted by Gasteiger charge is 2.55. The second-order valence-corrected chi connectivity index (χ2v) is 8.33. The Hall–Kier alpha value is -3.22. The number of fused-ring (bicyclic) bond motifs is 1. The number of methoxy groups -OCH3 is 2. The van der Waals surface area contributed by atoms with E-state index in [9.17, 15) is 9.59 Å². The van der Waals surface area contributed by atoms with Crippen molar-refractivity contribution in [2.45, 2.75) is 37.8 Å². The molecule has 1 aliphatic heterocycles. The van der Waals surface area contributed by atoms with Crippen molar-refractivity contribution in [1.29, 1.82) is 0 Å². The van der Waals surface area contributed by atoms with Crippen molar-refractivity contribution in [3.05, 3.63) is 41.5 Å². The summed E-state index contributed by atoms with van der Waals surface area (Å²) in [6.45, 7) is 0.888. The highest BCUT2D eigenvalue weighted by molar-refractivity contribution is 6.01. The molecule has 0 unspecified atom stereocenters. The molecule has 2 aromatic carbocycles. The SMILES string of the molecule is COc1ccc(-c2cccc3c2CNC3=O)c(OC2(C(=O)OCC3CC3)CC2)c1OC. The second kappa shape index (κ2) is 7.48. The molecule has 7 heteroatoms. The summed E-state index contributed by atoms with van der Waals surface area (Å²) in [5, 5.41) is 2.87. The number of hydrogen-bond acceptors (Lipinski definition) is 6. The molecule has 1 amide bonds. The molecule has 1 N–H and O–H groups in total. The normalized spacial score (nSPS) is 18.1. The molecule has 2 aliphatic carbocycles. The number of carbonyl (C=O) groups is 2. The molecule has 0 bridgehead atoms. The lowest BCUT2D eigenvalue weighted by atomic mass is 9.95. The van der Waals surface area contributed by atoms with Crippen molar-refractivity contribution >= 4 is 11.9 Å². The van der Waals surface area contributed by atoms with Gasteiger partial charge in [0, 0.05) is 30.5 Å². The van der Waals surface area contributed by atoms with Gasteiger partial charge >= 0.3 is 5.97 Å². The second-order valence-electron chi connectivity index (χ2n) is 8.33. The van der Waals surface area contributed by atoms with Crippen LogP contribution in [0.3, 0.4) is 0 Å². The number of hydrogen-bond donors (Lipinski definition) is 1. The Balaban J connectivity index is 1.56. The van der Waals surface area contributed by atoms with Gasteiger partial charge in [-0.05, 0) is 48.1 Å². The van der Waals surface area contributed by atoms with Crippen LogP contribution in [0.5, 0.6) is 17.2 Å². The van der Waals surface area contributed by atoms with Crippen LogP contribution in [0.1, 0.15) is 41.6 Å². The maximum atomic E-state index is 12.8. The molecule has 1 heterocycles. The lowest BCUT2D eigenvalue weighted by molar-refractivity contribution is -0.154. The van der Waals surface area contributed by atoms with Crippen LogP contribution < -0.4 is 19.5 Å². The van der Waals surface area contributed by atoms with Crippen LogP contribution in [0.25, 0.3) is 11.1 Å². The fourth-order valence-electron chi connectivity index (χ4n) is 3.98. The van der Waals surface area contributed by atoms with E-state index in [1.165, 1.54) is 0 Å². The molecule has 0 saturated heterocycles. The number of benzene rings is 2. The molecule has 0 aromatic heterocycles. The van der Waals surface area contributed by atoms with Crippen LogP contribution >= 0.6 is 0 Å². The van der Waals surface area contributed by atoms with Gasteiger partial charge in [0.1, 0.15) is 0 Å². The standard InChI is InChI=1S/C24H25NO6/c1-28-19-9-8-16(15-4-3-5-17-18(15)12-25-22(17)26)20(21(19)29-2)31-24(10-11-24)23(27)30-13-14-6-7-14/h3-5,8-9,14H,6-7,10-13H2,1-2H3,(H,25,26). The van der Waals surface area contributed by atoms with Crippen LogP contribution in [0.2, 0.25) is 0 Å². The lowest BCUT2D eigenvalue weighted by Crippen LogP contribution is -2.32. The van der Waals surface area contributed by atoms with Gasteiger partial charge < -0.3 is 24.3 Å². The average molecular weight is 423 g/mol. The number of amides is 1. The van der Waals surface area contributed by atoms with Gasteiger partial charge in [0.15, 0.2) is 11.5 Å². The minimum absolute atomic E-state index is 0.0953. The largest absolute Gasteiger partial charge is 0.493 e. The van der Waals surface area contributed by atoms with E-state index in [0.29, 0.717) is 54.7 Å². The number of rotatable bonds is 8. The summed E-state index contributed by atoms with van der Waals surface area (Å²) >= 11 is 0. The lowest BCUT2D eigenvalue weighted by Gasteiger charge is -2.23. The van der Waals surface area contributed by atoms with Crippen molar-refractivity contribution in [2.24, 2.45) is 5.92 Å². The van der Waals surface area contributed by atoms with Crippen molar-refractivity contribution < 1.29 is 28.5 Å². The Bertz CT molecular complexity index is 1050. The van der Waals surface area contributed by atoms with Gasteiger partial charge in [-0.25, -0.2) is 4.79 Å². The zero-order valence-electron chi connectivity index (χ0n) is 17.7. The van der Waals surface area contributed by atoms with Gasteiger partial charge in [-0.1, -0.05) is 12.1 Å². The first-order chi connectivity index (χ1) is 15.1. The molecular formula is C24H25NO6. The number of nitrogens with one attached hydrogen (secondary N) is 1. The summed E-state index contributed by atoms with van der Waals surface area (Å²) in [6, 6.07) is 9.27. The minimum atomic E-state index is -1.00. The summed E-state index contributed by atoms with van der Waals surface area (Å²) in [5.74, 6) is 1.41. The van der Waals surface area contributed by atoms with E-state index >= 15 is 0 Å². The molecule has 2 saturated carbocycles. The van der Waals surface area contributed by atoms with Crippen LogP contribution in [0, 0.1) is 5.92 Å². The molecule has 0 radical (unpaired) electrons. The monoisotopic (exact) mass is 423 g/mol. The third-order valence-electron chi connectivity index (χ3n) is 6.16. The first-order valence-corrected chi connectivity index (χ1v) is 10.6. The van der Waals surface area contributed by atoms with E-state index in [1.54, 1.807) is 26.4 Å². The summed E-state index contributed by atoms with van der Waals surface area (Å²) in [4.78, 5) is 25.0. The molecule has 0 spiro atoms. The average Bonchev–Trinajstić information content (AvgIpc) is 3.72. The molecule has 5 rings (SSSR count). The summed E-state index contributed by atoms with van der Waals surface area (Å²) in [7, 11) is 3.10. The van der Waals surface area contributed by atoms with Crippen LogP contribution in [-0.4, -0.2) is 38.3 Å². The molecule has 2 aromatic rings. The maximum absolute atomic E-state index is 12.8. The molecule has 31 heavy (non-hydrogen) atoms. The van der Waals surface area contributed by atoms with E-state index in [2.05, 4.69) is 5.32 Å². The summed E-state index contributed by atoms with van der Waals surface area (Å²) in [6.07, 6.45) is 3.40. The fraction of sp³-hybridized carbons (Fsp3) is 0.417. The van der Waals surface area contributed by atoms with Crippen molar-refractivity contribution in [3.63, 3.8) is 0 Å². The summed E-state index contributed by atoms with van der Waals surface area (Å²) in [5.41, 5.74) is 2.13. The fourth-order valence-corrected chi connectivity index (χ4v) is 3.98. The van der Waals surface area contributed by atoms with Gasteiger partial charge in [0.05, 0.1) is 20.8 Å². The van der Waals surface area contributed by atoms with Crippen molar-refractivity contribution in [3.8, 4) is 28.4 Å². The summed E-state index contributed by atoms with van der Waals surface area (Å²) < 4.78 is 23.0. The van der Waals surface area contributed by atoms with Crippen LogP contribution in [-0.2, 0) is 16.1 Å². The number of ether oxygens (including phenoxy) is 4. The highest BCUT2D eigenvalue weighted by Crippen LogP contribution is 2.51. The Morgan fingerprint density at radius 3 is 2.48 bits per heavy atom. The van der Waals surface area contributed by atoms with Crippen LogP contribution in [0.15, 0.2) is 30.3 Å². The Morgan fingerprint density at radius 2 is 1.81 bits per heavy atom. The smallest absolute Gasteiger partial charge is 0.350 e. The third-order valence-corrected chi connectivity index (χ3v) is 6.16. The van der Waals surface area contributed by atoms with E-state index in [-0.39, 0.29) is 11.9 Å². The zero-order chi connectivity index (χ0) is 21.6. The molecule has 2 fully saturated rings. The van der Waals surface area contributed by atoms with E-state index in [1.807, 2.05) is 18.2 Å². The quantitative estimate of drug-likeness (QED) is 0.655. The van der Waals surface area contributed by atoms with Crippen LogP contribution in [0.4, 0.5) is 0 Å². The van der Waals surface area contributed by atoms with Gasteiger partial charge in [-0.15, -0.1) is 0 Å². The maximum Gasteiger partial charge on any atom is 0.350 e. The predicted octanol–water partition coefficient (Wildman–Crippen LogP) is 3.48. The first-order valence-electron chi connectivity index (χ1n) is 10.6. The third kappa shape index (κ3) is 3.48. The number of carbonyl (C=O) groups excluding carboxylic acids is 2. The molecule has 162 valence electrons. The van der Waals surface area contributed by atoms with Crippen molar-refractivity contribution in [2.75, 3.05) is 20.8 Å². The molecule has 3 aliphatic rings. The first kappa shape index (κ1) is 19.7. The van der Waals surface area contributed by atoms with E-state index in [0.717, 1.165) is 29.5 Å².